The second-order valence-electron chi connectivity index (χ2n) is 5.27. The molecule has 1 aromatic rings. The maximum Gasteiger partial charge on any atom is 0.338 e. The van der Waals surface area contributed by atoms with Crippen molar-refractivity contribution in [1.29, 1.82) is 0 Å². The van der Waals surface area contributed by atoms with Crippen molar-refractivity contribution in [2.75, 3.05) is 30.8 Å². The number of benzene rings is 1. The van der Waals surface area contributed by atoms with E-state index in [9.17, 15) is 4.79 Å². The van der Waals surface area contributed by atoms with E-state index in [0.717, 1.165) is 31.7 Å². The molecule has 3 N–H and O–H groups in total. The maximum atomic E-state index is 11.8. The third-order valence-electron chi connectivity index (χ3n) is 3.87. The van der Waals surface area contributed by atoms with Crippen LogP contribution in [-0.2, 0) is 9.47 Å². The van der Waals surface area contributed by atoms with Gasteiger partial charge in [0.1, 0.15) is 0 Å². The summed E-state index contributed by atoms with van der Waals surface area (Å²) >= 11 is 0. The third kappa shape index (κ3) is 3.88. The summed E-state index contributed by atoms with van der Waals surface area (Å²) in [5.41, 5.74) is 7.90. The molecule has 0 amide bonds. The van der Waals surface area contributed by atoms with Gasteiger partial charge < -0.3 is 20.5 Å². The summed E-state index contributed by atoms with van der Waals surface area (Å²) in [6, 6.07) is 5.17. The first kappa shape index (κ1) is 15.6. The van der Waals surface area contributed by atoms with Crippen LogP contribution in [-0.4, -0.2) is 31.8 Å². The van der Waals surface area contributed by atoms with Gasteiger partial charge in [0.05, 0.1) is 29.6 Å². The second-order valence-corrected chi connectivity index (χ2v) is 5.27. The molecule has 1 saturated heterocycles. The summed E-state index contributed by atoms with van der Waals surface area (Å²) in [7, 11) is 0. The number of nitrogen functional groups attached to an aromatic ring is 1. The van der Waals surface area contributed by atoms with E-state index in [0.29, 0.717) is 29.9 Å². The highest BCUT2D eigenvalue weighted by molar-refractivity contribution is 5.92. The zero-order valence-electron chi connectivity index (χ0n) is 12.7. The number of carbonyl (C=O) groups excluding carboxylic acids is 1. The first-order chi connectivity index (χ1) is 10.2. The van der Waals surface area contributed by atoms with Crippen molar-refractivity contribution in [2.45, 2.75) is 32.8 Å². The molecule has 0 saturated carbocycles. The van der Waals surface area contributed by atoms with Crippen molar-refractivity contribution in [1.82, 2.24) is 0 Å². The summed E-state index contributed by atoms with van der Waals surface area (Å²) < 4.78 is 10.7. The molecule has 0 aliphatic carbocycles. The number of hydrogen-bond donors (Lipinski definition) is 2. The van der Waals surface area contributed by atoms with E-state index in [2.05, 4.69) is 12.2 Å². The van der Waals surface area contributed by atoms with Crippen molar-refractivity contribution in [3.63, 3.8) is 0 Å². The Bertz CT molecular complexity index is 490. The minimum Gasteiger partial charge on any atom is -0.462 e. The molecule has 0 bridgehead atoms. The number of esters is 1. The highest BCUT2D eigenvalue weighted by atomic mass is 16.5. The minimum absolute atomic E-state index is 0.312. The van der Waals surface area contributed by atoms with Gasteiger partial charge in [-0.3, -0.25) is 0 Å². The molecule has 0 aromatic heterocycles. The number of hydrogen-bond acceptors (Lipinski definition) is 5. The van der Waals surface area contributed by atoms with Crippen LogP contribution in [0.4, 0.5) is 11.4 Å². The highest BCUT2D eigenvalue weighted by Gasteiger charge is 2.26. The molecule has 2 rings (SSSR count). The molecule has 5 nitrogen and oxygen atoms in total. The van der Waals surface area contributed by atoms with Crippen LogP contribution >= 0.6 is 0 Å². The van der Waals surface area contributed by atoms with Gasteiger partial charge in [-0.05, 0) is 38.0 Å². The number of carbonyl (C=O) groups is 1. The van der Waals surface area contributed by atoms with Crippen molar-refractivity contribution in [2.24, 2.45) is 5.92 Å². The van der Waals surface area contributed by atoms with Crippen LogP contribution in [0.2, 0.25) is 0 Å². The van der Waals surface area contributed by atoms with Gasteiger partial charge in [0.2, 0.25) is 0 Å². The zero-order valence-corrected chi connectivity index (χ0v) is 12.7. The monoisotopic (exact) mass is 292 g/mol. The molecule has 2 unspecified atom stereocenters. The fraction of sp³-hybridized carbons (Fsp3) is 0.562. The van der Waals surface area contributed by atoms with Crippen LogP contribution in [0.5, 0.6) is 0 Å². The Morgan fingerprint density at radius 1 is 1.48 bits per heavy atom. The van der Waals surface area contributed by atoms with Crippen LogP contribution in [0.1, 0.15) is 37.0 Å². The fourth-order valence-corrected chi connectivity index (χ4v) is 2.67. The van der Waals surface area contributed by atoms with Crippen molar-refractivity contribution >= 4 is 17.3 Å². The van der Waals surface area contributed by atoms with Crippen LogP contribution in [0, 0.1) is 5.92 Å². The molecule has 116 valence electrons. The van der Waals surface area contributed by atoms with Crippen LogP contribution in [0.15, 0.2) is 18.2 Å². The highest BCUT2D eigenvalue weighted by Crippen LogP contribution is 2.26. The lowest BCUT2D eigenvalue weighted by Gasteiger charge is -2.19. The first-order valence-electron chi connectivity index (χ1n) is 7.57. The Morgan fingerprint density at radius 2 is 2.29 bits per heavy atom. The molecule has 1 fully saturated rings. The average Bonchev–Trinajstić information content (AvgIpc) is 2.94. The Kier molecular flexibility index (Phi) is 5.44. The topological polar surface area (TPSA) is 73.6 Å². The Hall–Kier alpha value is -1.75. The van der Waals surface area contributed by atoms with Crippen LogP contribution < -0.4 is 11.1 Å². The van der Waals surface area contributed by atoms with Crippen molar-refractivity contribution in [3.8, 4) is 0 Å². The molecule has 0 radical (unpaired) electrons. The molecule has 1 aliphatic heterocycles. The van der Waals surface area contributed by atoms with Crippen molar-refractivity contribution in [3.05, 3.63) is 23.8 Å². The molecule has 5 heteroatoms. The molecular formula is C16H24N2O3. The van der Waals surface area contributed by atoms with E-state index >= 15 is 0 Å². The van der Waals surface area contributed by atoms with E-state index < -0.39 is 0 Å². The van der Waals surface area contributed by atoms with Gasteiger partial charge in [0.25, 0.3) is 0 Å². The predicted octanol–water partition coefficient (Wildman–Crippen LogP) is 2.67. The summed E-state index contributed by atoms with van der Waals surface area (Å²) in [4.78, 5) is 11.8. The predicted molar refractivity (Wildman–Crippen MR) is 83.4 cm³/mol. The lowest BCUT2D eigenvalue weighted by molar-refractivity contribution is 0.0526. The van der Waals surface area contributed by atoms with E-state index in [1.807, 2.05) is 0 Å². The number of rotatable bonds is 6. The Balaban J connectivity index is 2.02. The summed E-state index contributed by atoms with van der Waals surface area (Å²) in [5, 5.41) is 3.34. The third-order valence-corrected chi connectivity index (χ3v) is 3.87. The number of anilines is 2. The van der Waals surface area contributed by atoms with E-state index in [-0.39, 0.29) is 5.97 Å². The van der Waals surface area contributed by atoms with E-state index in [1.165, 1.54) is 0 Å². The largest absolute Gasteiger partial charge is 0.462 e. The lowest BCUT2D eigenvalue weighted by atomic mass is 9.99. The first-order valence-corrected chi connectivity index (χ1v) is 7.57. The van der Waals surface area contributed by atoms with E-state index in [1.54, 1.807) is 25.1 Å². The lowest BCUT2D eigenvalue weighted by Crippen LogP contribution is -2.23. The molecule has 1 aliphatic rings. The van der Waals surface area contributed by atoms with Crippen LogP contribution in [0.3, 0.4) is 0 Å². The normalized spacial score (nSPS) is 21.2. The minimum atomic E-state index is -0.323. The van der Waals surface area contributed by atoms with Gasteiger partial charge >= 0.3 is 5.97 Å². The van der Waals surface area contributed by atoms with Gasteiger partial charge in [-0.25, -0.2) is 4.79 Å². The van der Waals surface area contributed by atoms with Gasteiger partial charge in [-0.15, -0.1) is 0 Å². The summed E-state index contributed by atoms with van der Waals surface area (Å²) in [6.07, 6.45) is 2.39. The van der Waals surface area contributed by atoms with Crippen LogP contribution in [0.25, 0.3) is 0 Å². The van der Waals surface area contributed by atoms with Crippen molar-refractivity contribution < 1.29 is 14.3 Å². The molecule has 21 heavy (non-hydrogen) atoms. The molecule has 0 spiro atoms. The summed E-state index contributed by atoms with van der Waals surface area (Å²) in [5.74, 6) is 0.164. The molecule has 1 aromatic carbocycles. The number of nitrogens with one attached hydrogen (secondary N) is 1. The molecule has 2 atom stereocenters. The van der Waals surface area contributed by atoms with Gasteiger partial charge in [0.15, 0.2) is 0 Å². The SMILES string of the molecule is CCOC(=O)c1ccc(N)c(NCC2CCOC2CC)c1. The average molecular weight is 292 g/mol. The maximum absolute atomic E-state index is 11.8. The second kappa shape index (κ2) is 7.31. The standard InChI is InChI=1S/C16H24N2O3/c1-3-15-12(7-8-21-15)10-18-14-9-11(5-6-13(14)17)16(19)20-4-2/h5-6,9,12,15,18H,3-4,7-8,10,17H2,1-2H3. The fourth-order valence-electron chi connectivity index (χ4n) is 2.67. The Labute approximate surface area is 125 Å². The van der Waals surface area contributed by atoms with Gasteiger partial charge in [-0.2, -0.15) is 0 Å². The molecular weight excluding hydrogens is 268 g/mol. The quantitative estimate of drug-likeness (QED) is 0.623. The Morgan fingerprint density at radius 3 is 3.00 bits per heavy atom. The smallest absolute Gasteiger partial charge is 0.338 e. The van der Waals surface area contributed by atoms with Gasteiger partial charge in [0, 0.05) is 19.1 Å². The van der Waals surface area contributed by atoms with E-state index in [4.69, 9.17) is 15.2 Å². The zero-order chi connectivity index (χ0) is 15.2. The summed E-state index contributed by atoms with van der Waals surface area (Å²) in [6.45, 7) is 5.92. The number of nitrogens with two attached hydrogens (primary N) is 1. The molecule has 1 heterocycles. The number of ether oxygens (including phenoxy) is 2. The van der Waals surface area contributed by atoms with Gasteiger partial charge in [-0.1, -0.05) is 6.92 Å².